The molecule has 0 spiro atoms. The molecule has 0 amide bonds. The summed E-state index contributed by atoms with van der Waals surface area (Å²) >= 11 is 5.77. The quantitative estimate of drug-likeness (QED) is 0.756. The first-order valence-corrected chi connectivity index (χ1v) is 6.48. The number of carbonyl (C=O) groups excluding carboxylic acids is 1. The van der Waals surface area contributed by atoms with Crippen molar-refractivity contribution in [3.63, 3.8) is 0 Å². The Balaban J connectivity index is 1.74. The standard InChI is InChI=1S/C13H15ClN2O/c14-13-4-1-9(7-15-13)8-16-10-2-3-11(16)6-12(17)5-10/h1,4,7,10-11H,2-3,5-6,8H2. The Hall–Kier alpha value is -0.930. The van der Waals surface area contributed by atoms with Crippen LogP contribution in [-0.2, 0) is 11.3 Å². The highest BCUT2D eigenvalue weighted by atomic mass is 35.5. The molecule has 2 fully saturated rings. The fourth-order valence-electron chi connectivity index (χ4n) is 3.03. The van der Waals surface area contributed by atoms with Gasteiger partial charge in [-0.05, 0) is 24.5 Å². The summed E-state index contributed by atoms with van der Waals surface area (Å²) in [6.45, 7) is 0.896. The van der Waals surface area contributed by atoms with Gasteiger partial charge in [-0.25, -0.2) is 4.98 Å². The third-order valence-corrected chi connectivity index (χ3v) is 4.08. The van der Waals surface area contributed by atoms with Gasteiger partial charge in [0.05, 0.1) is 0 Å². The van der Waals surface area contributed by atoms with Gasteiger partial charge < -0.3 is 0 Å². The number of rotatable bonds is 2. The number of piperidine rings is 1. The summed E-state index contributed by atoms with van der Waals surface area (Å²) in [5.41, 5.74) is 1.18. The molecule has 90 valence electrons. The topological polar surface area (TPSA) is 33.2 Å². The number of ketones is 1. The number of carbonyl (C=O) groups is 1. The highest BCUT2D eigenvalue weighted by Gasteiger charge is 2.39. The third-order valence-electron chi connectivity index (χ3n) is 3.85. The molecule has 0 N–H and O–H groups in total. The zero-order chi connectivity index (χ0) is 11.8. The molecule has 0 radical (unpaired) electrons. The molecule has 1 aromatic rings. The first-order chi connectivity index (χ1) is 8.22. The summed E-state index contributed by atoms with van der Waals surface area (Å²) in [6, 6.07) is 4.76. The minimum Gasteiger partial charge on any atom is -0.300 e. The van der Waals surface area contributed by atoms with E-state index in [-0.39, 0.29) is 0 Å². The van der Waals surface area contributed by atoms with Crippen molar-refractivity contribution < 1.29 is 4.79 Å². The number of halogens is 1. The van der Waals surface area contributed by atoms with Crippen molar-refractivity contribution in [3.05, 3.63) is 29.0 Å². The summed E-state index contributed by atoms with van der Waals surface area (Å²) in [5, 5.41) is 0.533. The lowest BCUT2D eigenvalue weighted by atomic mass is 10.0. The predicted octanol–water partition coefficient (Wildman–Crippen LogP) is 2.43. The Morgan fingerprint density at radius 3 is 2.59 bits per heavy atom. The molecule has 4 heteroatoms. The first-order valence-electron chi connectivity index (χ1n) is 6.10. The Labute approximate surface area is 106 Å². The monoisotopic (exact) mass is 250 g/mol. The van der Waals surface area contributed by atoms with E-state index >= 15 is 0 Å². The second kappa shape index (κ2) is 4.39. The molecule has 1 aromatic heterocycles. The molecule has 2 unspecified atom stereocenters. The van der Waals surface area contributed by atoms with E-state index in [0.717, 1.165) is 32.2 Å². The van der Waals surface area contributed by atoms with Crippen LogP contribution in [0.25, 0.3) is 0 Å². The number of nitrogens with zero attached hydrogens (tertiary/aromatic N) is 2. The molecule has 0 saturated carbocycles. The summed E-state index contributed by atoms with van der Waals surface area (Å²) in [6.07, 6.45) is 5.63. The van der Waals surface area contributed by atoms with Crippen molar-refractivity contribution in [2.75, 3.05) is 0 Å². The van der Waals surface area contributed by atoms with Crippen LogP contribution >= 0.6 is 11.6 Å². The molecule has 0 aliphatic carbocycles. The lowest BCUT2D eigenvalue weighted by Gasteiger charge is -2.33. The minimum atomic E-state index is 0.433. The maximum atomic E-state index is 11.5. The van der Waals surface area contributed by atoms with E-state index in [0.29, 0.717) is 23.0 Å². The lowest BCUT2D eigenvalue weighted by molar-refractivity contribution is -0.123. The van der Waals surface area contributed by atoms with Crippen molar-refractivity contribution in [3.8, 4) is 0 Å². The van der Waals surface area contributed by atoms with Gasteiger partial charge in [-0.2, -0.15) is 0 Å². The lowest BCUT2D eigenvalue weighted by Crippen LogP contribution is -2.42. The molecule has 3 nitrogen and oxygen atoms in total. The Morgan fingerprint density at radius 1 is 1.29 bits per heavy atom. The summed E-state index contributed by atoms with van der Waals surface area (Å²) < 4.78 is 0. The molecule has 0 aromatic carbocycles. The van der Waals surface area contributed by atoms with Gasteiger partial charge >= 0.3 is 0 Å². The largest absolute Gasteiger partial charge is 0.300 e. The van der Waals surface area contributed by atoms with Crippen LogP contribution in [0.2, 0.25) is 5.15 Å². The molecule has 17 heavy (non-hydrogen) atoms. The van der Waals surface area contributed by atoms with Gasteiger partial charge in [0.2, 0.25) is 0 Å². The first kappa shape index (κ1) is 11.2. The zero-order valence-electron chi connectivity index (χ0n) is 9.60. The molecular formula is C13H15ClN2O. The number of hydrogen-bond acceptors (Lipinski definition) is 3. The van der Waals surface area contributed by atoms with Crippen molar-refractivity contribution in [2.24, 2.45) is 0 Å². The number of hydrogen-bond donors (Lipinski definition) is 0. The van der Waals surface area contributed by atoms with Crippen LogP contribution in [-0.4, -0.2) is 27.8 Å². The van der Waals surface area contributed by atoms with Crippen molar-refractivity contribution in [1.82, 2.24) is 9.88 Å². The molecule has 2 aliphatic heterocycles. The van der Waals surface area contributed by atoms with Gasteiger partial charge in [-0.1, -0.05) is 17.7 Å². The Morgan fingerprint density at radius 2 is 2.00 bits per heavy atom. The van der Waals surface area contributed by atoms with Crippen LogP contribution < -0.4 is 0 Å². The SMILES string of the molecule is O=C1CC2CCC(C1)N2Cc1ccc(Cl)nc1. The maximum Gasteiger partial charge on any atom is 0.136 e. The van der Waals surface area contributed by atoms with Crippen LogP contribution in [0.5, 0.6) is 0 Å². The van der Waals surface area contributed by atoms with Crippen LogP contribution in [0.1, 0.15) is 31.2 Å². The van der Waals surface area contributed by atoms with Gasteiger partial charge in [-0.3, -0.25) is 9.69 Å². The number of aromatic nitrogens is 1. The fourth-order valence-corrected chi connectivity index (χ4v) is 3.14. The van der Waals surface area contributed by atoms with Crippen LogP contribution in [0.15, 0.2) is 18.3 Å². The van der Waals surface area contributed by atoms with Crippen LogP contribution in [0.4, 0.5) is 0 Å². The van der Waals surface area contributed by atoms with E-state index in [1.54, 1.807) is 0 Å². The highest BCUT2D eigenvalue weighted by molar-refractivity contribution is 6.29. The zero-order valence-corrected chi connectivity index (χ0v) is 10.4. The predicted molar refractivity (Wildman–Crippen MR) is 65.8 cm³/mol. The van der Waals surface area contributed by atoms with Gasteiger partial charge in [0.15, 0.2) is 0 Å². The normalized spacial score (nSPS) is 28.6. The number of pyridine rings is 1. The van der Waals surface area contributed by atoms with E-state index in [4.69, 9.17) is 11.6 Å². The van der Waals surface area contributed by atoms with Crippen LogP contribution in [0, 0.1) is 0 Å². The molecule has 2 aliphatic rings. The molecule has 2 saturated heterocycles. The van der Waals surface area contributed by atoms with E-state index in [2.05, 4.69) is 9.88 Å². The average molecular weight is 251 g/mol. The third kappa shape index (κ3) is 2.22. The van der Waals surface area contributed by atoms with E-state index in [1.807, 2.05) is 18.3 Å². The van der Waals surface area contributed by atoms with Gasteiger partial charge in [0.25, 0.3) is 0 Å². The van der Waals surface area contributed by atoms with Crippen molar-refractivity contribution in [2.45, 2.75) is 44.3 Å². The second-order valence-electron chi connectivity index (χ2n) is 4.99. The molecule has 2 bridgehead atoms. The number of fused-ring (bicyclic) bond motifs is 2. The number of Topliss-reactive ketones (excluding diaryl/α,β-unsaturated/α-hetero) is 1. The minimum absolute atomic E-state index is 0.433. The second-order valence-corrected chi connectivity index (χ2v) is 5.38. The van der Waals surface area contributed by atoms with E-state index in [1.165, 1.54) is 5.56 Å². The van der Waals surface area contributed by atoms with Gasteiger partial charge in [-0.15, -0.1) is 0 Å². The summed E-state index contributed by atoms with van der Waals surface area (Å²) in [7, 11) is 0. The smallest absolute Gasteiger partial charge is 0.136 e. The molecular weight excluding hydrogens is 236 g/mol. The molecule has 3 heterocycles. The van der Waals surface area contributed by atoms with Crippen molar-refractivity contribution >= 4 is 17.4 Å². The van der Waals surface area contributed by atoms with Crippen LogP contribution in [0.3, 0.4) is 0 Å². The maximum absolute atomic E-state index is 11.5. The van der Waals surface area contributed by atoms with E-state index < -0.39 is 0 Å². The average Bonchev–Trinajstić information content (AvgIpc) is 2.56. The highest BCUT2D eigenvalue weighted by Crippen LogP contribution is 2.34. The van der Waals surface area contributed by atoms with E-state index in [9.17, 15) is 4.79 Å². The summed E-state index contributed by atoms with van der Waals surface area (Å²) in [5.74, 6) is 0.433. The van der Waals surface area contributed by atoms with Gasteiger partial charge in [0, 0.05) is 37.7 Å². The Bertz CT molecular complexity index is 416. The molecule has 3 rings (SSSR count). The Kier molecular flexibility index (Phi) is 2.89. The van der Waals surface area contributed by atoms with Gasteiger partial charge in [0.1, 0.15) is 10.9 Å². The summed E-state index contributed by atoms with van der Waals surface area (Å²) in [4.78, 5) is 18.1. The molecule has 2 atom stereocenters. The van der Waals surface area contributed by atoms with Crippen molar-refractivity contribution in [1.29, 1.82) is 0 Å². The fraction of sp³-hybridized carbons (Fsp3) is 0.538.